The number of amides is 1. The van der Waals surface area contributed by atoms with Gasteiger partial charge in [0.25, 0.3) is 6.47 Å². The van der Waals surface area contributed by atoms with E-state index in [0.717, 1.165) is 25.8 Å². The van der Waals surface area contributed by atoms with Crippen molar-refractivity contribution in [3.8, 4) is 0 Å². The van der Waals surface area contributed by atoms with Crippen LogP contribution in [0.1, 0.15) is 47.0 Å². The van der Waals surface area contributed by atoms with Crippen molar-refractivity contribution >= 4 is 24.6 Å². The second-order valence-corrected chi connectivity index (χ2v) is 5.98. The third-order valence-corrected chi connectivity index (χ3v) is 1.80. The minimum Gasteiger partial charge on any atom is -0.528 e. The zero-order valence-electron chi connectivity index (χ0n) is 14.0. The molecule has 0 fully saturated rings. The van der Waals surface area contributed by atoms with Gasteiger partial charge in [0.1, 0.15) is 5.60 Å². The van der Waals surface area contributed by atoms with Crippen molar-refractivity contribution in [1.82, 2.24) is 5.32 Å². The van der Waals surface area contributed by atoms with E-state index >= 15 is 0 Å². The third-order valence-electron chi connectivity index (χ3n) is 1.80. The van der Waals surface area contributed by atoms with Crippen molar-refractivity contribution in [3.05, 3.63) is 0 Å². The number of hydrogen-bond donors (Lipinski definition) is 2. The molecule has 5 nitrogen and oxygen atoms in total. The topological polar surface area (TPSA) is 81.4 Å². The van der Waals surface area contributed by atoms with Crippen LogP contribution in [0.3, 0.4) is 0 Å². The molecule has 0 saturated carbocycles. The number of carbonyl (C=O) groups excluding carboxylic acids is 2. The quantitative estimate of drug-likeness (QED) is 0.214. The van der Waals surface area contributed by atoms with Crippen LogP contribution >= 0.6 is 11.8 Å². The zero-order chi connectivity index (χ0) is 16.4. The van der Waals surface area contributed by atoms with E-state index < -0.39 is 0 Å². The molecule has 0 saturated heterocycles. The molecule has 0 aliphatic heterocycles. The van der Waals surface area contributed by atoms with Crippen LogP contribution in [0.4, 0.5) is 0 Å². The van der Waals surface area contributed by atoms with E-state index in [1.807, 2.05) is 40.2 Å². The van der Waals surface area contributed by atoms with E-state index in [9.17, 15) is 9.59 Å². The van der Waals surface area contributed by atoms with Gasteiger partial charge in [-0.15, -0.1) is 0 Å². The fourth-order valence-electron chi connectivity index (χ4n) is 0.912. The van der Waals surface area contributed by atoms with E-state index in [4.69, 9.17) is 5.73 Å². The molecule has 0 aliphatic rings. The van der Waals surface area contributed by atoms with E-state index in [1.165, 1.54) is 0 Å². The van der Waals surface area contributed by atoms with Crippen LogP contribution in [0, 0.1) is 0 Å². The van der Waals surface area contributed by atoms with Crippen molar-refractivity contribution in [3.63, 3.8) is 0 Å². The number of ether oxygens (including phenoxy) is 1. The summed E-state index contributed by atoms with van der Waals surface area (Å²) >= 11 is 1.75. The molecule has 0 bridgehead atoms. The van der Waals surface area contributed by atoms with Gasteiger partial charge in [0.2, 0.25) is 0 Å². The Kier molecular flexibility index (Phi) is 27.0. The van der Waals surface area contributed by atoms with Crippen molar-refractivity contribution < 1.29 is 14.3 Å². The van der Waals surface area contributed by atoms with Crippen molar-refractivity contribution in [2.24, 2.45) is 5.73 Å². The van der Waals surface area contributed by atoms with Gasteiger partial charge < -0.3 is 20.6 Å². The Bertz CT molecular complexity index is 215. The molecular weight excluding hydrogens is 533 g/mol. The number of nitrogens with two attached hydrogens (primary N) is 1. The number of thioether (sulfide) groups is 1. The number of carbonyl (C=O) groups is 1. The number of rotatable bonds is 7. The zero-order valence-corrected chi connectivity index (χ0v) is 17.2. The molecular formula is C14H31FmN2O3S-. The van der Waals surface area contributed by atoms with Crippen molar-refractivity contribution in [1.29, 1.82) is 0 Å². The molecule has 7 heteroatoms. The van der Waals surface area contributed by atoms with Crippen LogP contribution in [-0.2, 0) is 14.3 Å². The number of hydrogen-bond acceptors (Lipinski definition) is 5. The molecule has 1 atom stereocenters. The predicted molar refractivity (Wildman–Crippen MR) is 87.5 cm³/mol. The summed E-state index contributed by atoms with van der Waals surface area (Å²) in [4.78, 5) is 19.4. The van der Waals surface area contributed by atoms with Crippen LogP contribution in [0.2, 0.25) is 0 Å². The maximum atomic E-state index is 9.79. The molecule has 0 radical (unpaired) electrons. The van der Waals surface area contributed by atoms with Crippen molar-refractivity contribution in [2.45, 2.75) is 58.6 Å². The van der Waals surface area contributed by atoms with E-state index in [-0.39, 0.29) is 11.6 Å². The third kappa shape index (κ3) is 45.9. The summed E-state index contributed by atoms with van der Waals surface area (Å²) in [7, 11) is 0. The van der Waals surface area contributed by atoms with Gasteiger partial charge in [0.15, 0.2) is 0 Å². The van der Waals surface area contributed by atoms with Gasteiger partial charge in [-0.1, -0.05) is 6.42 Å². The first-order valence-electron chi connectivity index (χ1n) is 6.63. The average molecular weight is 564 g/mol. The Morgan fingerprint density at radius 2 is 1.81 bits per heavy atom. The molecule has 0 aromatic rings. The Balaban J connectivity index is -0.000000115. The molecule has 0 aromatic carbocycles. The van der Waals surface area contributed by atoms with Crippen LogP contribution in [-0.4, -0.2) is 43.6 Å². The maximum absolute atomic E-state index is 9.79. The van der Waals surface area contributed by atoms with Crippen LogP contribution in [0.25, 0.3) is 0 Å². The molecule has 0 aliphatic carbocycles. The van der Waals surface area contributed by atoms with Gasteiger partial charge in [-0.3, -0.25) is 4.79 Å². The Labute approximate surface area is 128 Å². The predicted octanol–water partition coefficient (Wildman–Crippen LogP) is 2.10. The van der Waals surface area contributed by atoms with Gasteiger partial charge in [-0.05, 0) is 65.6 Å². The maximum Gasteiger partial charge on any atom is 0.293 e. The van der Waals surface area contributed by atoms with E-state index in [2.05, 4.69) is 10.1 Å². The molecule has 0 heterocycles. The molecule has 1 amide bonds. The summed E-state index contributed by atoms with van der Waals surface area (Å²) in [6.07, 6.45) is 8.85. The number of nitrogens with one attached hydrogen (secondary N) is 1. The monoisotopic (exact) mass is 564 g/mol. The Hall–Kier alpha value is -1.75. The first-order chi connectivity index (χ1) is 9.28. The van der Waals surface area contributed by atoms with Gasteiger partial charge in [-0.2, -0.15) is 18.2 Å². The Morgan fingerprint density at radius 3 is 2.05 bits per heavy atom. The van der Waals surface area contributed by atoms with Crippen LogP contribution in [0.15, 0.2) is 0 Å². The summed E-state index contributed by atoms with van der Waals surface area (Å²) in [5, 5.41) is 2.56. The standard InChI is InChI=1S/C7H15N2O.C5H10O2.C2H6S.Fm/c1-7(9-6-10)4-2-3-5-8;1-5(2,3)7-4-6;1-3-2;/h7H,2-5,8H2,1H3,(H,9,10);4H,1-3H3;1-2H3;/q-1;;;. The largest absolute Gasteiger partial charge is 0.528 e. The van der Waals surface area contributed by atoms with E-state index in [1.54, 1.807) is 18.2 Å². The van der Waals surface area contributed by atoms with Gasteiger partial charge >= 0.3 is 0 Å². The first kappa shape index (κ1) is 27.6. The number of unbranched alkanes of at least 4 members (excludes halogenated alkanes) is 1. The van der Waals surface area contributed by atoms with Gasteiger partial charge in [-0.25, -0.2) is 0 Å². The minimum absolute atomic E-state index is 0. The summed E-state index contributed by atoms with van der Waals surface area (Å²) in [6, 6.07) is 0.240. The normalized spacial score (nSPS) is 10.4. The second kappa shape index (κ2) is 20.6. The molecule has 0 rings (SSSR count). The average Bonchev–Trinajstić information content (AvgIpc) is 2.30. The second-order valence-electron chi connectivity index (χ2n) is 5.17. The first-order valence-corrected chi connectivity index (χ1v) is 8.26. The summed E-state index contributed by atoms with van der Waals surface area (Å²) in [5.74, 6) is 0. The SMILES string of the molecule is CC(C)(C)OC=O.CC(CCCCN)N[C-]=O.CSC.[Fm]. The summed E-state index contributed by atoms with van der Waals surface area (Å²) < 4.78 is 4.55. The van der Waals surface area contributed by atoms with Crippen LogP contribution < -0.4 is 11.1 Å². The molecule has 134 valence electrons. The molecule has 1 unspecified atom stereocenters. The fourth-order valence-corrected chi connectivity index (χ4v) is 0.912. The smallest absolute Gasteiger partial charge is 0.293 e. The molecule has 3 N–H and O–H groups in total. The summed E-state index contributed by atoms with van der Waals surface area (Å²) in [5.41, 5.74) is 4.97. The minimum atomic E-state index is -0.318. The molecule has 0 spiro atoms. The summed E-state index contributed by atoms with van der Waals surface area (Å²) in [6.45, 7) is 8.61. The molecule has 0 aromatic heterocycles. The van der Waals surface area contributed by atoms with E-state index in [0.29, 0.717) is 6.47 Å². The fraction of sp³-hybridized carbons (Fsp3) is 0.857. The Morgan fingerprint density at radius 1 is 1.33 bits per heavy atom. The van der Waals surface area contributed by atoms with Crippen molar-refractivity contribution in [2.75, 3.05) is 19.1 Å². The van der Waals surface area contributed by atoms with Gasteiger partial charge in [0, 0.05) is 0 Å². The van der Waals surface area contributed by atoms with Gasteiger partial charge in [0.05, 0.1) is 0 Å². The van der Waals surface area contributed by atoms with Crippen LogP contribution in [0.5, 0.6) is 0 Å². The molecule has 21 heavy (non-hydrogen) atoms.